The molecule has 0 aliphatic rings. The minimum Gasteiger partial charge on any atom is -0.370 e. The highest BCUT2D eigenvalue weighted by molar-refractivity contribution is 14.0. The molecule has 2 aromatic carbocycles. The fourth-order valence-electron chi connectivity index (χ4n) is 2.52. The molecule has 0 bridgehead atoms. The molecule has 0 saturated carbocycles. The monoisotopic (exact) mass is 456 g/mol. The predicted octanol–water partition coefficient (Wildman–Crippen LogP) is 4.04. The molecule has 0 aliphatic carbocycles. The van der Waals surface area contributed by atoms with E-state index in [2.05, 4.69) is 29.4 Å². The summed E-state index contributed by atoms with van der Waals surface area (Å²) in [5.41, 5.74) is 9.03. The predicted molar refractivity (Wildman–Crippen MR) is 114 cm³/mol. The second kappa shape index (κ2) is 10.4. The highest BCUT2D eigenvalue weighted by atomic mass is 127. The van der Waals surface area contributed by atoms with Crippen LogP contribution in [-0.4, -0.2) is 31.5 Å². The van der Waals surface area contributed by atoms with E-state index in [1.54, 1.807) is 6.07 Å². The zero-order valence-corrected chi connectivity index (χ0v) is 17.2. The molecule has 6 heteroatoms. The number of nitrogens with zero attached hydrogens (tertiary/aromatic N) is 2. The summed E-state index contributed by atoms with van der Waals surface area (Å²) in [4.78, 5) is 6.43. The average molecular weight is 456 g/mol. The molecular weight excluding hydrogens is 430 g/mol. The molecular formula is C19H26FIN4. The number of benzene rings is 2. The lowest BCUT2D eigenvalue weighted by Crippen LogP contribution is -2.27. The van der Waals surface area contributed by atoms with Crippen molar-refractivity contribution in [2.24, 2.45) is 10.7 Å². The van der Waals surface area contributed by atoms with Gasteiger partial charge in [0.2, 0.25) is 0 Å². The van der Waals surface area contributed by atoms with Gasteiger partial charge in [0.1, 0.15) is 5.82 Å². The lowest BCUT2D eigenvalue weighted by atomic mass is 10.1. The van der Waals surface area contributed by atoms with Gasteiger partial charge in [0.15, 0.2) is 5.96 Å². The van der Waals surface area contributed by atoms with E-state index in [-0.39, 0.29) is 35.8 Å². The van der Waals surface area contributed by atoms with Gasteiger partial charge in [0.25, 0.3) is 0 Å². The Balaban J connectivity index is 0.00000312. The molecule has 2 aromatic rings. The summed E-state index contributed by atoms with van der Waals surface area (Å²) in [6, 6.07) is 14.6. The molecule has 0 spiro atoms. The summed E-state index contributed by atoms with van der Waals surface area (Å²) < 4.78 is 13.5. The normalized spacial score (nSPS) is 12.6. The summed E-state index contributed by atoms with van der Waals surface area (Å²) in [5, 5.41) is 3.11. The maximum atomic E-state index is 13.5. The van der Waals surface area contributed by atoms with Crippen LogP contribution in [0.5, 0.6) is 0 Å². The van der Waals surface area contributed by atoms with Gasteiger partial charge >= 0.3 is 0 Å². The van der Waals surface area contributed by atoms with Crippen LogP contribution in [0.3, 0.4) is 0 Å². The van der Waals surface area contributed by atoms with Gasteiger partial charge in [-0.1, -0.05) is 31.2 Å². The Bertz CT molecular complexity index is 703. The SMILES string of the molecule is CCc1cccc(NC(N)=NCC(c2cccc(F)c2)N(C)C)c1.I. The van der Waals surface area contributed by atoms with Crippen molar-refractivity contribution >= 4 is 35.6 Å². The quantitative estimate of drug-likeness (QED) is 0.392. The van der Waals surface area contributed by atoms with E-state index in [1.165, 1.54) is 17.7 Å². The van der Waals surface area contributed by atoms with E-state index in [0.29, 0.717) is 12.5 Å². The minimum absolute atomic E-state index is 0. The standard InChI is InChI=1S/C19H25FN4.HI/c1-4-14-7-5-10-17(11-14)23-19(21)22-13-18(24(2)3)15-8-6-9-16(20)12-15;/h5-12,18H,4,13H2,1-3H3,(H3,21,22,23);1H. The Hall–Kier alpha value is -1.67. The van der Waals surface area contributed by atoms with Crippen molar-refractivity contribution in [2.75, 3.05) is 26.0 Å². The van der Waals surface area contributed by atoms with Crippen LogP contribution in [0.1, 0.15) is 24.1 Å². The lowest BCUT2D eigenvalue weighted by Gasteiger charge is -2.23. The van der Waals surface area contributed by atoms with Gasteiger partial charge in [-0.3, -0.25) is 4.99 Å². The van der Waals surface area contributed by atoms with Crippen molar-refractivity contribution in [3.8, 4) is 0 Å². The van der Waals surface area contributed by atoms with Crippen molar-refractivity contribution in [1.82, 2.24) is 4.90 Å². The number of aliphatic imine (C=N–C) groups is 1. The number of nitrogens with two attached hydrogens (primary N) is 1. The van der Waals surface area contributed by atoms with Crippen LogP contribution in [0.25, 0.3) is 0 Å². The maximum absolute atomic E-state index is 13.5. The summed E-state index contributed by atoms with van der Waals surface area (Å²) in [5.74, 6) is 0.109. The van der Waals surface area contributed by atoms with Crippen molar-refractivity contribution < 1.29 is 4.39 Å². The smallest absolute Gasteiger partial charge is 0.193 e. The molecule has 0 amide bonds. The van der Waals surface area contributed by atoms with E-state index in [1.807, 2.05) is 37.2 Å². The minimum atomic E-state index is -0.245. The van der Waals surface area contributed by atoms with Gasteiger partial charge in [-0.05, 0) is 55.9 Å². The highest BCUT2D eigenvalue weighted by Crippen LogP contribution is 2.19. The fourth-order valence-corrected chi connectivity index (χ4v) is 2.52. The first kappa shape index (κ1) is 21.4. The highest BCUT2D eigenvalue weighted by Gasteiger charge is 2.14. The number of nitrogens with one attached hydrogen (secondary N) is 1. The lowest BCUT2D eigenvalue weighted by molar-refractivity contribution is 0.306. The number of guanidine groups is 1. The summed E-state index contributed by atoms with van der Waals surface area (Å²) in [7, 11) is 3.89. The van der Waals surface area contributed by atoms with E-state index >= 15 is 0 Å². The third-order valence-electron chi connectivity index (χ3n) is 3.90. The summed E-state index contributed by atoms with van der Waals surface area (Å²) >= 11 is 0. The van der Waals surface area contributed by atoms with Crippen molar-refractivity contribution in [1.29, 1.82) is 0 Å². The number of aryl methyl sites for hydroxylation is 1. The molecule has 25 heavy (non-hydrogen) atoms. The molecule has 0 fully saturated rings. The summed E-state index contributed by atoms with van der Waals surface area (Å²) in [6.07, 6.45) is 0.967. The molecule has 1 atom stereocenters. The second-order valence-electron chi connectivity index (χ2n) is 5.94. The van der Waals surface area contributed by atoms with Crippen LogP contribution in [0.15, 0.2) is 53.5 Å². The fraction of sp³-hybridized carbons (Fsp3) is 0.316. The largest absolute Gasteiger partial charge is 0.370 e. The van der Waals surface area contributed by atoms with E-state index in [9.17, 15) is 4.39 Å². The van der Waals surface area contributed by atoms with E-state index in [0.717, 1.165) is 17.7 Å². The zero-order chi connectivity index (χ0) is 17.5. The van der Waals surface area contributed by atoms with E-state index < -0.39 is 0 Å². The van der Waals surface area contributed by atoms with Crippen LogP contribution in [0.2, 0.25) is 0 Å². The Morgan fingerprint density at radius 3 is 2.56 bits per heavy atom. The van der Waals surface area contributed by atoms with Crippen LogP contribution in [0, 0.1) is 5.82 Å². The Morgan fingerprint density at radius 1 is 1.20 bits per heavy atom. The number of anilines is 1. The van der Waals surface area contributed by atoms with Gasteiger partial charge in [-0.15, -0.1) is 24.0 Å². The van der Waals surface area contributed by atoms with Crippen LogP contribution in [0.4, 0.5) is 10.1 Å². The first-order valence-corrected chi connectivity index (χ1v) is 8.07. The molecule has 0 aliphatic heterocycles. The molecule has 0 aromatic heterocycles. The van der Waals surface area contributed by atoms with Crippen molar-refractivity contribution in [3.05, 3.63) is 65.5 Å². The third-order valence-corrected chi connectivity index (χ3v) is 3.90. The van der Waals surface area contributed by atoms with Gasteiger partial charge in [-0.25, -0.2) is 4.39 Å². The topological polar surface area (TPSA) is 53.6 Å². The molecule has 136 valence electrons. The zero-order valence-electron chi connectivity index (χ0n) is 14.9. The van der Waals surface area contributed by atoms with Crippen molar-refractivity contribution in [2.45, 2.75) is 19.4 Å². The first-order chi connectivity index (χ1) is 11.5. The molecule has 0 saturated heterocycles. The Labute approximate surface area is 166 Å². The van der Waals surface area contributed by atoms with Crippen LogP contribution >= 0.6 is 24.0 Å². The van der Waals surface area contributed by atoms with Crippen LogP contribution in [-0.2, 0) is 6.42 Å². The molecule has 4 nitrogen and oxygen atoms in total. The molecule has 0 radical (unpaired) electrons. The van der Waals surface area contributed by atoms with Gasteiger partial charge in [0.05, 0.1) is 12.6 Å². The molecule has 2 rings (SSSR count). The Kier molecular flexibility index (Phi) is 8.85. The molecule has 3 N–H and O–H groups in total. The van der Waals surface area contributed by atoms with E-state index in [4.69, 9.17) is 5.73 Å². The number of rotatable bonds is 6. The number of hydrogen-bond acceptors (Lipinski definition) is 2. The second-order valence-corrected chi connectivity index (χ2v) is 5.94. The first-order valence-electron chi connectivity index (χ1n) is 8.07. The maximum Gasteiger partial charge on any atom is 0.193 e. The third kappa shape index (κ3) is 6.62. The average Bonchev–Trinajstić information content (AvgIpc) is 2.55. The van der Waals surface area contributed by atoms with Gasteiger partial charge < -0.3 is 16.0 Å². The van der Waals surface area contributed by atoms with Crippen molar-refractivity contribution in [3.63, 3.8) is 0 Å². The van der Waals surface area contributed by atoms with Gasteiger partial charge in [0, 0.05) is 5.69 Å². The van der Waals surface area contributed by atoms with Crippen LogP contribution < -0.4 is 11.1 Å². The Morgan fingerprint density at radius 2 is 1.92 bits per heavy atom. The molecule has 0 heterocycles. The number of likely N-dealkylation sites (N-methyl/N-ethyl adjacent to an activating group) is 1. The number of halogens is 2. The summed E-state index contributed by atoms with van der Waals surface area (Å²) in [6.45, 7) is 2.56. The number of hydrogen-bond donors (Lipinski definition) is 2. The van der Waals surface area contributed by atoms with Gasteiger partial charge in [-0.2, -0.15) is 0 Å². The molecule has 1 unspecified atom stereocenters.